The molecule has 2 heterocycles. The number of carboxylic acids is 1. The van der Waals surface area contributed by atoms with Crippen LogP contribution in [0.4, 0.5) is 4.79 Å². The molecule has 6 heteroatoms. The molecule has 21 heavy (non-hydrogen) atoms. The summed E-state index contributed by atoms with van der Waals surface area (Å²) < 4.78 is 0. The maximum Gasteiger partial charge on any atom is 0.331 e. The van der Waals surface area contributed by atoms with Gasteiger partial charge in [0.15, 0.2) is 6.04 Å². The molecule has 1 unspecified atom stereocenters. The first-order chi connectivity index (χ1) is 9.85. The summed E-state index contributed by atoms with van der Waals surface area (Å²) in [7, 11) is 0. The van der Waals surface area contributed by atoms with Gasteiger partial charge in [-0.15, -0.1) is 11.3 Å². The monoisotopic (exact) mass is 310 g/mol. The van der Waals surface area contributed by atoms with Crippen LogP contribution in [0.2, 0.25) is 0 Å². The van der Waals surface area contributed by atoms with E-state index in [2.05, 4.69) is 26.1 Å². The first-order valence-electron chi connectivity index (χ1n) is 7.19. The van der Waals surface area contributed by atoms with Crippen LogP contribution < -0.4 is 5.32 Å². The lowest BCUT2D eigenvalue weighted by molar-refractivity contribution is -0.142. The number of amides is 2. The molecule has 0 saturated carbocycles. The number of rotatable bonds is 4. The topological polar surface area (TPSA) is 69.6 Å². The average Bonchev–Trinajstić information content (AvgIpc) is 2.91. The van der Waals surface area contributed by atoms with Gasteiger partial charge < -0.3 is 15.3 Å². The predicted molar refractivity (Wildman–Crippen MR) is 82.6 cm³/mol. The molecule has 5 nitrogen and oxygen atoms in total. The molecule has 0 fully saturated rings. The molecular formula is C15H22N2O3S. The van der Waals surface area contributed by atoms with Gasteiger partial charge in [0.1, 0.15) is 0 Å². The number of carbonyl (C=O) groups excluding carboxylic acids is 1. The molecule has 1 atom stereocenters. The Morgan fingerprint density at radius 1 is 1.52 bits per heavy atom. The van der Waals surface area contributed by atoms with Crippen LogP contribution in [0.1, 0.15) is 43.7 Å². The van der Waals surface area contributed by atoms with Crippen LogP contribution in [0.15, 0.2) is 11.4 Å². The Morgan fingerprint density at radius 3 is 2.86 bits per heavy atom. The fraction of sp³-hybridized carbons (Fsp3) is 0.600. The third kappa shape index (κ3) is 3.37. The standard InChI is InChI=1S/C15H22N2O3S/c1-4-15(2,3)9-16-14(20)17-7-5-11-10(6-8-21-11)12(17)13(18)19/h6,8,12H,4-5,7,9H2,1-3H3,(H,16,20)(H,18,19). The second-order valence-electron chi connectivity index (χ2n) is 6.16. The Morgan fingerprint density at radius 2 is 2.24 bits per heavy atom. The highest BCUT2D eigenvalue weighted by molar-refractivity contribution is 7.10. The lowest BCUT2D eigenvalue weighted by Crippen LogP contribution is -2.49. The van der Waals surface area contributed by atoms with Gasteiger partial charge in [0.05, 0.1) is 0 Å². The quantitative estimate of drug-likeness (QED) is 0.898. The number of aliphatic carboxylic acids is 1. The molecule has 116 valence electrons. The smallest absolute Gasteiger partial charge is 0.331 e. The van der Waals surface area contributed by atoms with Crippen molar-refractivity contribution in [2.45, 2.75) is 39.7 Å². The molecule has 0 saturated heterocycles. The maximum atomic E-state index is 12.4. The Kier molecular flexibility index (Phi) is 4.56. The van der Waals surface area contributed by atoms with E-state index in [4.69, 9.17) is 0 Å². The van der Waals surface area contributed by atoms with Gasteiger partial charge in [0.25, 0.3) is 0 Å². The van der Waals surface area contributed by atoms with Crippen LogP contribution in [0.3, 0.4) is 0 Å². The van der Waals surface area contributed by atoms with E-state index < -0.39 is 12.0 Å². The summed E-state index contributed by atoms with van der Waals surface area (Å²) >= 11 is 1.56. The number of thiophene rings is 1. The van der Waals surface area contributed by atoms with Gasteiger partial charge in [-0.25, -0.2) is 9.59 Å². The van der Waals surface area contributed by atoms with Crippen LogP contribution in [0, 0.1) is 5.41 Å². The summed E-state index contributed by atoms with van der Waals surface area (Å²) in [6.07, 6.45) is 1.67. The zero-order valence-corrected chi connectivity index (χ0v) is 13.5. The van der Waals surface area contributed by atoms with Crippen LogP contribution in [-0.2, 0) is 11.2 Å². The molecule has 1 aliphatic rings. The van der Waals surface area contributed by atoms with Crippen molar-refractivity contribution in [2.24, 2.45) is 5.41 Å². The molecule has 2 rings (SSSR count). The van der Waals surface area contributed by atoms with E-state index >= 15 is 0 Å². The van der Waals surface area contributed by atoms with Gasteiger partial charge in [0, 0.05) is 18.0 Å². The van der Waals surface area contributed by atoms with E-state index in [-0.39, 0.29) is 11.4 Å². The highest BCUT2D eigenvalue weighted by Crippen LogP contribution is 2.33. The van der Waals surface area contributed by atoms with Crippen LogP contribution in [0.25, 0.3) is 0 Å². The number of hydrogen-bond acceptors (Lipinski definition) is 3. The third-order valence-electron chi connectivity index (χ3n) is 4.14. The zero-order chi connectivity index (χ0) is 15.6. The number of nitrogens with one attached hydrogen (secondary N) is 1. The predicted octanol–water partition coefficient (Wildman–Crippen LogP) is 2.88. The van der Waals surface area contributed by atoms with E-state index in [1.165, 1.54) is 4.90 Å². The maximum absolute atomic E-state index is 12.4. The summed E-state index contributed by atoms with van der Waals surface area (Å²) in [5.74, 6) is -0.973. The normalized spacial score (nSPS) is 18.2. The number of urea groups is 1. The lowest BCUT2D eigenvalue weighted by Gasteiger charge is -2.34. The molecule has 0 spiro atoms. The summed E-state index contributed by atoms with van der Waals surface area (Å²) in [5, 5.41) is 14.2. The fourth-order valence-electron chi connectivity index (χ4n) is 2.34. The van der Waals surface area contributed by atoms with Gasteiger partial charge >= 0.3 is 12.0 Å². The SMILES string of the molecule is CCC(C)(C)CNC(=O)N1CCc2sccc2C1C(=O)O. The van der Waals surface area contributed by atoms with E-state index in [0.717, 1.165) is 23.3 Å². The first-order valence-corrected chi connectivity index (χ1v) is 8.07. The number of hydrogen-bond donors (Lipinski definition) is 2. The highest BCUT2D eigenvalue weighted by Gasteiger charge is 2.36. The van der Waals surface area contributed by atoms with Crippen molar-refractivity contribution in [1.82, 2.24) is 10.2 Å². The molecule has 2 amide bonds. The second-order valence-corrected chi connectivity index (χ2v) is 7.16. The van der Waals surface area contributed by atoms with E-state index in [1.807, 2.05) is 11.4 Å². The zero-order valence-electron chi connectivity index (χ0n) is 12.7. The molecule has 0 radical (unpaired) electrons. The molecule has 0 bridgehead atoms. The Labute approximate surface area is 129 Å². The summed E-state index contributed by atoms with van der Waals surface area (Å²) in [6, 6.07) is 0.652. The van der Waals surface area contributed by atoms with Crippen molar-refractivity contribution in [2.75, 3.05) is 13.1 Å². The molecule has 0 aromatic carbocycles. The van der Waals surface area contributed by atoms with Crippen molar-refractivity contribution in [1.29, 1.82) is 0 Å². The van der Waals surface area contributed by atoms with Crippen molar-refractivity contribution in [3.63, 3.8) is 0 Å². The average molecular weight is 310 g/mol. The number of carbonyl (C=O) groups is 2. The van der Waals surface area contributed by atoms with E-state index in [0.29, 0.717) is 13.1 Å². The van der Waals surface area contributed by atoms with Crippen molar-refractivity contribution >= 4 is 23.3 Å². The van der Waals surface area contributed by atoms with E-state index in [9.17, 15) is 14.7 Å². The third-order valence-corrected chi connectivity index (χ3v) is 5.13. The van der Waals surface area contributed by atoms with Gasteiger partial charge in [-0.3, -0.25) is 0 Å². The molecule has 1 aromatic rings. The molecule has 2 N–H and O–H groups in total. The number of nitrogens with zero attached hydrogens (tertiary/aromatic N) is 1. The number of carboxylic acid groups (broad SMARTS) is 1. The number of fused-ring (bicyclic) bond motifs is 1. The molecule has 0 aliphatic carbocycles. The fourth-order valence-corrected chi connectivity index (χ4v) is 3.25. The Balaban J connectivity index is 2.12. The van der Waals surface area contributed by atoms with Crippen molar-refractivity contribution < 1.29 is 14.7 Å². The second kappa shape index (κ2) is 6.05. The van der Waals surface area contributed by atoms with Gasteiger partial charge in [0.2, 0.25) is 0 Å². The minimum Gasteiger partial charge on any atom is -0.479 e. The van der Waals surface area contributed by atoms with Crippen LogP contribution in [-0.4, -0.2) is 35.1 Å². The Hall–Kier alpha value is -1.56. The van der Waals surface area contributed by atoms with Crippen LogP contribution in [0.5, 0.6) is 0 Å². The van der Waals surface area contributed by atoms with Crippen LogP contribution >= 0.6 is 11.3 Å². The molecule has 1 aromatic heterocycles. The summed E-state index contributed by atoms with van der Waals surface area (Å²) in [4.78, 5) is 26.4. The van der Waals surface area contributed by atoms with Gasteiger partial charge in [-0.2, -0.15) is 0 Å². The van der Waals surface area contributed by atoms with Gasteiger partial charge in [-0.1, -0.05) is 20.8 Å². The van der Waals surface area contributed by atoms with Crippen molar-refractivity contribution in [3.8, 4) is 0 Å². The highest BCUT2D eigenvalue weighted by atomic mass is 32.1. The minimum atomic E-state index is -0.973. The van der Waals surface area contributed by atoms with E-state index in [1.54, 1.807) is 11.3 Å². The Bertz CT molecular complexity index is 539. The lowest BCUT2D eigenvalue weighted by atomic mass is 9.90. The molecular weight excluding hydrogens is 288 g/mol. The van der Waals surface area contributed by atoms with Crippen molar-refractivity contribution in [3.05, 3.63) is 21.9 Å². The first kappa shape index (κ1) is 15.8. The summed E-state index contributed by atoms with van der Waals surface area (Å²) in [5.41, 5.74) is 0.765. The largest absolute Gasteiger partial charge is 0.479 e. The summed E-state index contributed by atoms with van der Waals surface area (Å²) in [6.45, 7) is 7.22. The molecule has 1 aliphatic heterocycles. The van der Waals surface area contributed by atoms with Gasteiger partial charge in [-0.05, 0) is 35.3 Å². The minimum absolute atomic E-state index is 0.0116.